The Balaban J connectivity index is 2.39. The van der Waals surface area contributed by atoms with Gasteiger partial charge in [0.15, 0.2) is 5.82 Å². The zero-order valence-corrected chi connectivity index (χ0v) is 12.1. The molecule has 2 aromatic carbocycles. The van der Waals surface area contributed by atoms with Crippen molar-refractivity contribution in [3.05, 3.63) is 64.2 Å². The van der Waals surface area contributed by atoms with E-state index in [0.717, 1.165) is 6.07 Å². The molecule has 1 amide bonds. The topological polar surface area (TPSA) is 55.1 Å². The molecule has 0 saturated heterocycles. The normalized spacial score (nSPS) is 10.2. The number of rotatable bonds is 3. The molecule has 0 aliphatic rings. The molecule has 0 radical (unpaired) electrons. The Morgan fingerprint density at radius 2 is 1.86 bits per heavy atom. The van der Waals surface area contributed by atoms with Crippen molar-refractivity contribution in [1.82, 2.24) is 0 Å². The zero-order chi connectivity index (χ0) is 15.6. The SMILES string of the molecule is NC(=S)c1c(F)cccc1NC(=O)c1cccc(Cl)c1F. The number of nitrogens with two attached hydrogens (primary N) is 1. The fourth-order valence-electron chi connectivity index (χ4n) is 1.75. The number of hydrogen-bond donors (Lipinski definition) is 2. The summed E-state index contributed by atoms with van der Waals surface area (Å²) >= 11 is 10.4. The van der Waals surface area contributed by atoms with Gasteiger partial charge in [0.05, 0.1) is 21.8 Å². The van der Waals surface area contributed by atoms with Gasteiger partial charge in [-0.1, -0.05) is 36.0 Å². The van der Waals surface area contributed by atoms with Gasteiger partial charge in [0.2, 0.25) is 0 Å². The summed E-state index contributed by atoms with van der Waals surface area (Å²) in [6.07, 6.45) is 0. The van der Waals surface area contributed by atoms with Crippen LogP contribution in [-0.2, 0) is 0 Å². The molecule has 108 valence electrons. The van der Waals surface area contributed by atoms with Gasteiger partial charge in [-0.25, -0.2) is 8.78 Å². The third kappa shape index (κ3) is 3.17. The lowest BCUT2D eigenvalue weighted by Crippen LogP contribution is -2.19. The Bertz CT molecular complexity index is 737. The van der Waals surface area contributed by atoms with Crippen LogP contribution in [0, 0.1) is 11.6 Å². The van der Waals surface area contributed by atoms with Crippen LogP contribution in [0.4, 0.5) is 14.5 Å². The molecule has 2 aromatic rings. The van der Waals surface area contributed by atoms with Gasteiger partial charge in [-0.3, -0.25) is 4.79 Å². The fourth-order valence-corrected chi connectivity index (χ4v) is 2.13. The fraction of sp³-hybridized carbons (Fsp3) is 0. The molecule has 2 rings (SSSR count). The Morgan fingerprint density at radius 1 is 1.19 bits per heavy atom. The quantitative estimate of drug-likeness (QED) is 0.849. The molecule has 0 spiro atoms. The predicted octanol–water partition coefficient (Wildman–Crippen LogP) is 3.50. The first kappa shape index (κ1) is 15.3. The Hall–Kier alpha value is -2.05. The molecule has 0 fully saturated rings. The van der Waals surface area contributed by atoms with Gasteiger partial charge in [0.25, 0.3) is 5.91 Å². The summed E-state index contributed by atoms with van der Waals surface area (Å²) in [5.74, 6) is -2.31. The molecule has 0 atom stereocenters. The maximum Gasteiger partial charge on any atom is 0.258 e. The standard InChI is InChI=1S/C14H9ClF2N2OS/c15-8-4-1-3-7(12(8)17)14(20)19-10-6-2-5-9(16)11(10)13(18)21/h1-6H,(H2,18,21)(H,19,20). The molecular formula is C14H9ClF2N2OS. The van der Waals surface area contributed by atoms with Crippen molar-refractivity contribution < 1.29 is 13.6 Å². The van der Waals surface area contributed by atoms with E-state index < -0.39 is 17.5 Å². The van der Waals surface area contributed by atoms with Crippen LogP contribution in [0.3, 0.4) is 0 Å². The van der Waals surface area contributed by atoms with Crippen molar-refractivity contribution >= 4 is 40.4 Å². The van der Waals surface area contributed by atoms with Crippen molar-refractivity contribution in [3.63, 3.8) is 0 Å². The first-order valence-electron chi connectivity index (χ1n) is 5.75. The van der Waals surface area contributed by atoms with E-state index in [2.05, 4.69) is 5.32 Å². The van der Waals surface area contributed by atoms with E-state index in [9.17, 15) is 13.6 Å². The van der Waals surface area contributed by atoms with Gasteiger partial charge in [-0.05, 0) is 24.3 Å². The van der Waals surface area contributed by atoms with Crippen LogP contribution < -0.4 is 11.1 Å². The summed E-state index contributed by atoms with van der Waals surface area (Å²) < 4.78 is 27.5. The number of carbonyl (C=O) groups is 1. The zero-order valence-electron chi connectivity index (χ0n) is 10.5. The van der Waals surface area contributed by atoms with Crippen LogP contribution in [0.15, 0.2) is 36.4 Å². The highest BCUT2D eigenvalue weighted by Gasteiger charge is 2.17. The van der Waals surface area contributed by atoms with Gasteiger partial charge < -0.3 is 11.1 Å². The second kappa shape index (κ2) is 6.15. The van der Waals surface area contributed by atoms with Gasteiger partial charge >= 0.3 is 0 Å². The lowest BCUT2D eigenvalue weighted by molar-refractivity contribution is 0.102. The van der Waals surface area contributed by atoms with Crippen molar-refractivity contribution in [2.24, 2.45) is 5.73 Å². The van der Waals surface area contributed by atoms with Crippen molar-refractivity contribution in [1.29, 1.82) is 0 Å². The Kier molecular flexibility index (Phi) is 4.50. The van der Waals surface area contributed by atoms with Gasteiger partial charge in [-0.2, -0.15) is 0 Å². The van der Waals surface area contributed by atoms with Crippen LogP contribution in [-0.4, -0.2) is 10.9 Å². The van der Waals surface area contributed by atoms with Gasteiger partial charge in [-0.15, -0.1) is 0 Å². The van der Waals surface area contributed by atoms with Crippen molar-refractivity contribution in [2.75, 3.05) is 5.32 Å². The van der Waals surface area contributed by atoms with E-state index in [1.54, 1.807) is 0 Å². The number of carbonyl (C=O) groups excluding carboxylic acids is 1. The van der Waals surface area contributed by atoms with Crippen molar-refractivity contribution in [3.8, 4) is 0 Å². The molecule has 0 aliphatic carbocycles. The van der Waals surface area contributed by atoms with Crippen LogP contribution in [0.25, 0.3) is 0 Å². The minimum absolute atomic E-state index is 0.0619. The third-order valence-corrected chi connectivity index (χ3v) is 3.20. The summed E-state index contributed by atoms with van der Waals surface area (Å²) in [5, 5.41) is 2.19. The minimum Gasteiger partial charge on any atom is -0.389 e. The molecular weight excluding hydrogens is 318 g/mol. The maximum atomic E-state index is 13.8. The number of halogens is 3. The molecule has 3 N–H and O–H groups in total. The Morgan fingerprint density at radius 3 is 2.52 bits per heavy atom. The minimum atomic E-state index is -0.857. The summed E-state index contributed by atoms with van der Waals surface area (Å²) in [4.78, 5) is 11.8. The van der Waals surface area contributed by atoms with Crippen LogP contribution >= 0.6 is 23.8 Å². The highest BCUT2D eigenvalue weighted by molar-refractivity contribution is 7.80. The first-order chi connectivity index (χ1) is 9.91. The number of hydrogen-bond acceptors (Lipinski definition) is 2. The molecule has 0 heterocycles. The second-order valence-electron chi connectivity index (χ2n) is 4.08. The highest BCUT2D eigenvalue weighted by atomic mass is 35.5. The molecule has 0 aromatic heterocycles. The second-order valence-corrected chi connectivity index (χ2v) is 4.93. The smallest absolute Gasteiger partial charge is 0.258 e. The average Bonchev–Trinajstić information content (AvgIpc) is 2.41. The van der Waals surface area contributed by atoms with Crippen LogP contribution in [0.5, 0.6) is 0 Å². The molecule has 0 saturated carbocycles. The maximum absolute atomic E-state index is 13.8. The molecule has 3 nitrogen and oxygen atoms in total. The number of amides is 1. The van der Waals surface area contributed by atoms with Gasteiger partial charge in [0.1, 0.15) is 10.8 Å². The number of benzene rings is 2. The van der Waals surface area contributed by atoms with E-state index in [1.807, 2.05) is 0 Å². The molecule has 0 aliphatic heterocycles. The van der Waals surface area contributed by atoms with E-state index >= 15 is 0 Å². The lowest BCUT2D eigenvalue weighted by atomic mass is 10.1. The van der Waals surface area contributed by atoms with Crippen molar-refractivity contribution in [2.45, 2.75) is 0 Å². The predicted molar refractivity (Wildman–Crippen MR) is 81.7 cm³/mol. The molecule has 21 heavy (non-hydrogen) atoms. The lowest BCUT2D eigenvalue weighted by Gasteiger charge is -2.11. The molecule has 0 bridgehead atoms. The largest absolute Gasteiger partial charge is 0.389 e. The van der Waals surface area contributed by atoms with E-state index in [4.69, 9.17) is 29.6 Å². The van der Waals surface area contributed by atoms with E-state index in [1.165, 1.54) is 30.3 Å². The summed E-state index contributed by atoms with van der Waals surface area (Å²) in [6, 6.07) is 7.95. The van der Waals surface area contributed by atoms with E-state index in [0.29, 0.717) is 0 Å². The molecule has 0 unspecified atom stereocenters. The summed E-state index contributed by atoms with van der Waals surface area (Å²) in [5.41, 5.74) is 5.12. The number of thiocarbonyl (C=S) groups is 1. The highest BCUT2D eigenvalue weighted by Crippen LogP contribution is 2.22. The van der Waals surface area contributed by atoms with Crippen LogP contribution in [0.2, 0.25) is 5.02 Å². The summed E-state index contributed by atoms with van der Waals surface area (Å²) in [7, 11) is 0. The van der Waals surface area contributed by atoms with E-state index in [-0.39, 0.29) is 26.8 Å². The monoisotopic (exact) mass is 326 g/mol. The van der Waals surface area contributed by atoms with Gasteiger partial charge in [0, 0.05) is 0 Å². The Labute approximate surface area is 129 Å². The third-order valence-electron chi connectivity index (χ3n) is 2.70. The summed E-state index contributed by atoms with van der Waals surface area (Å²) in [6.45, 7) is 0. The molecule has 7 heteroatoms. The average molecular weight is 327 g/mol. The number of anilines is 1. The first-order valence-corrected chi connectivity index (χ1v) is 6.54. The van der Waals surface area contributed by atoms with Crippen LogP contribution in [0.1, 0.15) is 15.9 Å². The number of nitrogens with one attached hydrogen (secondary N) is 1.